The van der Waals surface area contributed by atoms with Crippen molar-refractivity contribution in [1.82, 2.24) is 0 Å². The van der Waals surface area contributed by atoms with Crippen LogP contribution in [0.5, 0.6) is 11.5 Å². The van der Waals surface area contributed by atoms with Crippen LogP contribution in [0.1, 0.15) is 42.3 Å². The number of ether oxygens (including phenoxy) is 2. The van der Waals surface area contributed by atoms with E-state index in [0.29, 0.717) is 17.4 Å². The third-order valence-corrected chi connectivity index (χ3v) is 6.13. The number of phenolic OH excluding ortho intramolecular Hbond substituents is 1. The summed E-state index contributed by atoms with van der Waals surface area (Å²) in [4.78, 5) is 12.8. The van der Waals surface area contributed by atoms with Crippen molar-refractivity contribution < 1.29 is 41.0 Å². The second kappa shape index (κ2) is 9.85. The van der Waals surface area contributed by atoms with Crippen LogP contribution in [0.15, 0.2) is 65.6 Å². The van der Waals surface area contributed by atoms with Crippen LogP contribution in [-0.2, 0) is 27.4 Å². The number of esters is 1. The van der Waals surface area contributed by atoms with Crippen molar-refractivity contribution in [3.8, 4) is 22.6 Å². The van der Waals surface area contributed by atoms with E-state index in [0.717, 1.165) is 17.9 Å². The van der Waals surface area contributed by atoms with Gasteiger partial charge < -0.3 is 14.6 Å². The summed E-state index contributed by atoms with van der Waals surface area (Å²) < 4.78 is 74.4. The number of aromatic hydroxyl groups is 1. The predicted molar refractivity (Wildman–Crippen MR) is 128 cm³/mol. The highest BCUT2D eigenvalue weighted by atomic mass is 32.2. The van der Waals surface area contributed by atoms with Gasteiger partial charge in [0.1, 0.15) is 29.3 Å². The first-order valence-corrected chi connectivity index (χ1v) is 12.6. The second-order valence-corrected chi connectivity index (χ2v) is 11.1. The summed E-state index contributed by atoms with van der Waals surface area (Å²) in [6.07, 6.45) is -3.75. The first kappa shape index (κ1) is 27.1. The van der Waals surface area contributed by atoms with E-state index in [4.69, 9.17) is 9.47 Å². The fraction of sp³-hybridized carbons (Fsp3) is 0.269. The molecule has 0 aliphatic heterocycles. The predicted octanol–water partition coefficient (Wildman–Crippen LogP) is 6.02. The zero-order valence-electron chi connectivity index (χ0n) is 20.0. The molecular weight excluding hydrogens is 497 g/mol. The fourth-order valence-electron chi connectivity index (χ4n) is 3.35. The molecule has 0 aromatic heterocycles. The largest absolute Gasteiger partial charge is 0.506 e. The summed E-state index contributed by atoms with van der Waals surface area (Å²) in [6.45, 7) is 4.35. The van der Waals surface area contributed by atoms with Crippen LogP contribution >= 0.6 is 0 Å². The van der Waals surface area contributed by atoms with Gasteiger partial charge in [-0.1, -0.05) is 30.3 Å². The number of alkyl halides is 3. The third-order valence-electron chi connectivity index (χ3n) is 5.02. The Kier molecular flexibility index (Phi) is 7.40. The second-order valence-electron chi connectivity index (χ2n) is 9.11. The molecule has 0 bridgehead atoms. The van der Waals surface area contributed by atoms with E-state index in [1.807, 2.05) is 0 Å². The number of carbonyl (C=O) groups excluding carboxylic acids is 1. The van der Waals surface area contributed by atoms with E-state index in [2.05, 4.69) is 0 Å². The number of phenols is 1. The quantitative estimate of drug-likeness (QED) is 0.399. The van der Waals surface area contributed by atoms with Crippen molar-refractivity contribution in [1.29, 1.82) is 0 Å². The van der Waals surface area contributed by atoms with Gasteiger partial charge in [-0.25, -0.2) is 13.2 Å². The summed E-state index contributed by atoms with van der Waals surface area (Å²) in [5, 5.41) is 10.3. The standard InChI is InChI=1S/C26H25F3O6S/c1-25(2,3)35-24(31)22-18(10-13-21(23(22)30)26(27,28)29)15-34-19-11-8-16(9-12-19)17-6-5-7-20(14-17)36(4,32)33/h5-14,30H,15H2,1-4H3. The van der Waals surface area contributed by atoms with Crippen LogP contribution in [0.25, 0.3) is 11.1 Å². The molecule has 0 aliphatic rings. The average molecular weight is 523 g/mol. The first-order valence-electron chi connectivity index (χ1n) is 10.7. The molecule has 0 atom stereocenters. The minimum atomic E-state index is -4.87. The number of sulfone groups is 1. The molecule has 0 saturated carbocycles. The van der Waals surface area contributed by atoms with E-state index in [9.17, 15) is 31.5 Å². The van der Waals surface area contributed by atoms with Crippen molar-refractivity contribution in [2.45, 2.75) is 44.1 Å². The van der Waals surface area contributed by atoms with Crippen molar-refractivity contribution in [2.24, 2.45) is 0 Å². The van der Waals surface area contributed by atoms with Crippen molar-refractivity contribution in [2.75, 3.05) is 6.26 Å². The molecule has 6 nitrogen and oxygen atoms in total. The van der Waals surface area contributed by atoms with E-state index >= 15 is 0 Å². The molecule has 0 spiro atoms. The molecule has 0 heterocycles. The number of hydrogen-bond acceptors (Lipinski definition) is 6. The van der Waals surface area contributed by atoms with Gasteiger partial charge in [0.15, 0.2) is 9.84 Å². The van der Waals surface area contributed by atoms with Crippen LogP contribution in [0.2, 0.25) is 0 Å². The highest BCUT2D eigenvalue weighted by Crippen LogP contribution is 2.39. The third kappa shape index (κ3) is 6.57. The highest BCUT2D eigenvalue weighted by molar-refractivity contribution is 7.90. The van der Waals surface area contributed by atoms with Crippen LogP contribution in [0.3, 0.4) is 0 Å². The SMILES string of the molecule is CC(C)(C)OC(=O)c1c(COc2ccc(-c3cccc(S(C)(=O)=O)c3)cc2)ccc(C(F)(F)F)c1O. The Balaban J connectivity index is 1.87. The Morgan fingerprint density at radius 2 is 1.58 bits per heavy atom. The summed E-state index contributed by atoms with van der Waals surface area (Å²) >= 11 is 0. The molecule has 192 valence electrons. The molecule has 0 aliphatic carbocycles. The maximum absolute atomic E-state index is 13.3. The van der Waals surface area contributed by atoms with Gasteiger partial charge in [0.2, 0.25) is 0 Å². The first-order chi connectivity index (χ1) is 16.6. The lowest BCUT2D eigenvalue weighted by molar-refractivity contribution is -0.138. The number of halogens is 3. The maximum Gasteiger partial charge on any atom is 0.419 e. The van der Waals surface area contributed by atoms with Gasteiger partial charge in [0, 0.05) is 11.8 Å². The van der Waals surface area contributed by atoms with Crippen molar-refractivity contribution in [3.63, 3.8) is 0 Å². The Morgan fingerprint density at radius 1 is 0.944 bits per heavy atom. The lowest BCUT2D eigenvalue weighted by atomic mass is 10.0. The molecule has 3 aromatic carbocycles. The van der Waals surface area contributed by atoms with Gasteiger partial charge in [-0.3, -0.25) is 0 Å². The van der Waals surface area contributed by atoms with Gasteiger partial charge in [-0.15, -0.1) is 0 Å². The summed E-state index contributed by atoms with van der Waals surface area (Å²) in [7, 11) is -3.37. The molecular formula is C26H25F3O6S. The average Bonchev–Trinajstić information content (AvgIpc) is 2.75. The molecule has 36 heavy (non-hydrogen) atoms. The topological polar surface area (TPSA) is 89.9 Å². The van der Waals surface area contributed by atoms with Crippen molar-refractivity contribution >= 4 is 15.8 Å². The smallest absolute Gasteiger partial charge is 0.419 e. The van der Waals surface area contributed by atoms with Gasteiger partial charge in [-0.2, -0.15) is 13.2 Å². The molecule has 0 unspecified atom stereocenters. The van der Waals surface area contributed by atoms with Gasteiger partial charge in [0.05, 0.1) is 10.5 Å². The molecule has 0 saturated heterocycles. The Labute approximate surface area is 207 Å². The summed E-state index contributed by atoms with van der Waals surface area (Å²) in [5.41, 5.74) is -1.57. The molecule has 10 heteroatoms. The summed E-state index contributed by atoms with van der Waals surface area (Å²) in [6, 6.07) is 14.7. The number of carbonyl (C=O) groups is 1. The van der Waals surface area contributed by atoms with Crippen LogP contribution in [0.4, 0.5) is 13.2 Å². The number of rotatable bonds is 6. The highest BCUT2D eigenvalue weighted by Gasteiger charge is 2.37. The lowest BCUT2D eigenvalue weighted by Crippen LogP contribution is -2.25. The Bertz CT molecular complexity index is 1370. The van der Waals surface area contributed by atoms with Gasteiger partial charge >= 0.3 is 12.1 Å². The Hall–Kier alpha value is -3.53. The molecule has 1 N–H and O–H groups in total. The van der Waals surface area contributed by atoms with E-state index in [1.165, 1.54) is 6.07 Å². The molecule has 0 amide bonds. The van der Waals surface area contributed by atoms with E-state index in [1.54, 1.807) is 63.2 Å². The lowest BCUT2D eigenvalue weighted by Gasteiger charge is -2.22. The van der Waals surface area contributed by atoms with Crippen LogP contribution in [-0.4, -0.2) is 31.4 Å². The number of hydrogen-bond donors (Lipinski definition) is 1. The van der Waals surface area contributed by atoms with Crippen molar-refractivity contribution in [3.05, 3.63) is 77.4 Å². The molecule has 0 radical (unpaired) electrons. The number of benzene rings is 3. The van der Waals surface area contributed by atoms with E-state index < -0.39 is 44.5 Å². The maximum atomic E-state index is 13.3. The monoisotopic (exact) mass is 522 g/mol. The zero-order valence-corrected chi connectivity index (χ0v) is 20.8. The minimum Gasteiger partial charge on any atom is -0.506 e. The van der Waals surface area contributed by atoms with E-state index in [-0.39, 0.29) is 17.1 Å². The molecule has 3 rings (SSSR count). The van der Waals surface area contributed by atoms with Crippen LogP contribution < -0.4 is 4.74 Å². The van der Waals surface area contributed by atoms with Gasteiger partial charge in [-0.05, 0) is 62.2 Å². The Morgan fingerprint density at radius 3 is 2.14 bits per heavy atom. The fourth-order valence-corrected chi connectivity index (χ4v) is 4.02. The minimum absolute atomic E-state index is 0.0136. The van der Waals surface area contributed by atoms with Gasteiger partial charge in [0.25, 0.3) is 0 Å². The van der Waals surface area contributed by atoms with Crippen LogP contribution in [0, 0.1) is 0 Å². The zero-order chi connectivity index (χ0) is 26.9. The normalized spacial score (nSPS) is 12.3. The molecule has 3 aromatic rings. The summed E-state index contributed by atoms with van der Waals surface area (Å²) in [5.74, 6) is -1.99. The molecule has 0 fully saturated rings.